The Labute approximate surface area is 116 Å². The van der Waals surface area contributed by atoms with Gasteiger partial charge in [-0.15, -0.1) is 0 Å². The van der Waals surface area contributed by atoms with Crippen molar-refractivity contribution in [2.24, 2.45) is 0 Å². The summed E-state index contributed by atoms with van der Waals surface area (Å²) in [6.07, 6.45) is 1.63. The number of nitrogens with one attached hydrogen (secondary N) is 1. The van der Waals surface area contributed by atoms with Gasteiger partial charge in [0.1, 0.15) is 11.5 Å². The molecule has 1 aromatic heterocycles. The fourth-order valence-corrected chi connectivity index (χ4v) is 1.63. The third-order valence-electron chi connectivity index (χ3n) is 2.92. The van der Waals surface area contributed by atoms with Gasteiger partial charge in [-0.05, 0) is 38.2 Å². The van der Waals surface area contributed by atoms with Crippen molar-refractivity contribution in [1.29, 1.82) is 0 Å². The van der Waals surface area contributed by atoms with Crippen LogP contribution in [0.4, 0.5) is 5.69 Å². The summed E-state index contributed by atoms with van der Waals surface area (Å²) in [7, 11) is 1.87. The average molecular weight is 273 g/mol. The molecule has 0 amide bonds. The molecule has 104 valence electrons. The van der Waals surface area contributed by atoms with Gasteiger partial charge in [-0.1, -0.05) is 0 Å². The van der Waals surface area contributed by atoms with E-state index in [-0.39, 0.29) is 11.7 Å². The molecule has 0 saturated carbocycles. The normalized spacial score (nSPS) is 11.9. The van der Waals surface area contributed by atoms with Gasteiger partial charge in [0, 0.05) is 18.2 Å². The molecule has 20 heavy (non-hydrogen) atoms. The van der Waals surface area contributed by atoms with Crippen LogP contribution in [0.1, 0.15) is 18.7 Å². The Morgan fingerprint density at radius 2 is 1.85 bits per heavy atom. The van der Waals surface area contributed by atoms with E-state index in [2.05, 4.69) is 10.3 Å². The van der Waals surface area contributed by atoms with Gasteiger partial charge >= 0.3 is 0 Å². The van der Waals surface area contributed by atoms with Crippen molar-refractivity contribution in [3.8, 4) is 11.5 Å². The maximum Gasteiger partial charge on any atom is 0.269 e. The van der Waals surface area contributed by atoms with Gasteiger partial charge in [0.2, 0.25) is 0 Å². The fraction of sp³-hybridized carbons (Fsp3) is 0.214. The highest BCUT2D eigenvalue weighted by atomic mass is 16.6. The second kappa shape index (κ2) is 6.12. The second-order valence-corrected chi connectivity index (χ2v) is 4.28. The maximum absolute atomic E-state index is 10.5. The highest BCUT2D eigenvalue weighted by molar-refractivity contribution is 5.38. The molecule has 0 aliphatic heterocycles. The van der Waals surface area contributed by atoms with Crippen LogP contribution < -0.4 is 10.1 Å². The van der Waals surface area contributed by atoms with E-state index in [1.807, 2.05) is 26.1 Å². The van der Waals surface area contributed by atoms with Crippen LogP contribution in [0.2, 0.25) is 0 Å². The second-order valence-electron chi connectivity index (χ2n) is 4.28. The third-order valence-corrected chi connectivity index (χ3v) is 2.92. The first-order chi connectivity index (χ1) is 9.60. The summed E-state index contributed by atoms with van der Waals surface area (Å²) < 4.78 is 5.58. The highest BCUT2D eigenvalue weighted by Gasteiger charge is 2.06. The molecule has 0 radical (unpaired) electrons. The van der Waals surface area contributed by atoms with Crippen molar-refractivity contribution >= 4 is 5.69 Å². The van der Waals surface area contributed by atoms with Gasteiger partial charge in [0.15, 0.2) is 0 Å². The molecule has 6 nitrogen and oxygen atoms in total. The number of non-ortho nitro benzene ring substituents is 1. The standard InChI is InChI=1S/C14H15N3O3/c1-10(15-2)14-8-7-13(9-16-14)20-12-5-3-11(4-6-12)17(18)19/h3-10,15H,1-2H3. The number of ether oxygens (including phenoxy) is 1. The lowest BCUT2D eigenvalue weighted by molar-refractivity contribution is -0.384. The summed E-state index contributed by atoms with van der Waals surface area (Å²) in [6.45, 7) is 2.01. The fourth-order valence-electron chi connectivity index (χ4n) is 1.63. The van der Waals surface area contributed by atoms with Crippen LogP contribution >= 0.6 is 0 Å². The van der Waals surface area contributed by atoms with Crippen LogP contribution in [-0.4, -0.2) is 17.0 Å². The lowest BCUT2D eigenvalue weighted by atomic mass is 10.2. The highest BCUT2D eigenvalue weighted by Crippen LogP contribution is 2.23. The molecule has 2 aromatic rings. The van der Waals surface area contributed by atoms with Crippen molar-refractivity contribution < 1.29 is 9.66 Å². The molecule has 1 atom stereocenters. The van der Waals surface area contributed by atoms with Crippen molar-refractivity contribution in [3.05, 3.63) is 58.4 Å². The molecular formula is C14H15N3O3. The van der Waals surface area contributed by atoms with E-state index < -0.39 is 4.92 Å². The molecule has 0 spiro atoms. The Hall–Kier alpha value is -2.47. The van der Waals surface area contributed by atoms with Gasteiger partial charge in [-0.25, -0.2) is 0 Å². The first-order valence-corrected chi connectivity index (χ1v) is 6.15. The zero-order valence-electron chi connectivity index (χ0n) is 11.2. The predicted molar refractivity (Wildman–Crippen MR) is 74.9 cm³/mol. The van der Waals surface area contributed by atoms with Gasteiger partial charge in [0.25, 0.3) is 5.69 Å². The molecule has 0 aliphatic rings. The number of pyridine rings is 1. The summed E-state index contributed by atoms with van der Waals surface area (Å²) in [5, 5.41) is 13.6. The first-order valence-electron chi connectivity index (χ1n) is 6.15. The summed E-state index contributed by atoms with van der Waals surface area (Å²) in [5.74, 6) is 1.12. The van der Waals surface area contributed by atoms with Crippen LogP contribution in [0, 0.1) is 10.1 Å². The van der Waals surface area contributed by atoms with E-state index in [9.17, 15) is 10.1 Å². The number of benzene rings is 1. The third kappa shape index (κ3) is 3.30. The SMILES string of the molecule is CNC(C)c1ccc(Oc2ccc([N+](=O)[O-])cc2)cn1. The Balaban J connectivity index is 2.08. The summed E-state index contributed by atoms with van der Waals surface area (Å²) >= 11 is 0. The van der Waals surface area contributed by atoms with E-state index in [1.165, 1.54) is 12.1 Å². The summed E-state index contributed by atoms with van der Waals surface area (Å²) in [4.78, 5) is 14.4. The zero-order chi connectivity index (χ0) is 14.5. The molecule has 0 saturated heterocycles. The van der Waals surface area contributed by atoms with Gasteiger partial charge in [-0.2, -0.15) is 0 Å². The lowest BCUT2D eigenvalue weighted by Crippen LogP contribution is -2.13. The van der Waals surface area contributed by atoms with E-state index >= 15 is 0 Å². The molecule has 0 aliphatic carbocycles. The topological polar surface area (TPSA) is 77.3 Å². The zero-order valence-corrected chi connectivity index (χ0v) is 11.2. The molecule has 0 bridgehead atoms. The van der Waals surface area contributed by atoms with Crippen LogP contribution in [0.3, 0.4) is 0 Å². The Kier molecular flexibility index (Phi) is 4.27. The van der Waals surface area contributed by atoms with Crippen LogP contribution in [0.25, 0.3) is 0 Å². The minimum Gasteiger partial charge on any atom is -0.456 e. The predicted octanol–water partition coefficient (Wildman–Crippen LogP) is 3.06. The van der Waals surface area contributed by atoms with Crippen LogP contribution in [-0.2, 0) is 0 Å². The number of nitrogens with zero attached hydrogens (tertiary/aromatic N) is 2. The summed E-state index contributed by atoms with van der Waals surface area (Å²) in [5.41, 5.74) is 0.956. The van der Waals surface area contributed by atoms with Crippen molar-refractivity contribution in [2.45, 2.75) is 13.0 Å². The van der Waals surface area contributed by atoms with E-state index in [1.54, 1.807) is 18.3 Å². The Morgan fingerprint density at radius 1 is 1.20 bits per heavy atom. The smallest absolute Gasteiger partial charge is 0.269 e. The molecule has 2 rings (SSSR count). The molecule has 1 aromatic carbocycles. The largest absolute Gasteiger partial charge is 0.456 e. The van der Waals surface area contributed by atoms with Gasteiger partial charge < -0.3 is 10.1 Å². The number of hydrogen-bond acceptors (Lipinski definition) is 5. The number of aromatic nitrogens is 1. The maximum atomic E-state index is 10.5. The Morgan fingerprint density at radius 3 is 2.35 bits per heavy atom. The first kappa shape index (κ1) is 14.0. The minimum atomic E-state index is -0.445. The van der Waals surface area contributed by atoms with E-state index in [0.717, 1.165) is 5.69 Å². The van der Waals surface area contributed by atoms with Gasteiger partial charge in [0.05, 0.1) is 16.8 Å². The number of rotatable bonds is 5. The van der Waals surface area contributed by atoms with Gasteiger partial charge in [-0.3, -0.25) is 15.1 Å². The average Bonchev–Trinajstić information content (AvgIpc) is 2.48. The quantitative estimate of drug-likeness (QED) is 0.669. The van der Waals surface area contributed by atoms with Crippen LogP contribution in [0.15, 0.2) is 42.6 Å². The van der Waals surface area contributed by atoms with E-state index in [4.69, 9.17) is 4.74 Å². The molecule has 1 unspecified atom stereocenters. The lowest BCUT2D eigenvalue weighted by Gasteiger charge is -2.10. The molecule has 1 heterocycles. The number of hydrogen-bond donors (Lipinski definition) is 1. The molecular weight excluding hydrogens is 258 g/mol. The van der Waals surface area contributed by atoms with Crippen LogP contribution in [0.5, 0.6) is 11.5 Å². The monoisotopic (exact) mass is 273 g/mol. The minimum absolute atomic E-state index is 0.0358. The van der Waals surface area contributed by atoms with E-state index in [0.29, 0.717) is 11.5 Å². The van der Waals surface area contributed by atoms with Crippen molar-refractivity contribution in [2.75, 3.05) is 7.05 Å². The number of nitro groups is 1. The molecule has 0 fully saturated rings. The Bertz CT molecular complexity index is 582. The number of nitro benzene ring substituents is 1. The van der Waals surface area contributed by atoms with Crippen molar-refractivity contribution in [3.63, 3.8) is 0 Å². The summed E-state index contributed by atoms with van der Waals surface area (Å²) in [6, 6.07) is 9.79. The molecule has 1 N–H and O–H groups in total. The van der Waals surface area contributed by atoms with Crippen molar-refractivity contribution in [1.82, 2.24) is 10.3 Å². The molecule has 6 heteroatoms.